The quantitative estimate of drug-likeness (QED) is 0.265. The molecule has 0 bridgehead atoms. The lowest BCUT2D eigenvalue weighted by molar-refractivity contribution is -0.122. The van der Waals surface area contributed by atoms with E-state index in [1.165, 1.54) is 13.2 Å². The predicted octanol–water partition coefficient (Wildman–Crippen LogP) is 6.12. The fourth-order valence-electron chi connectivity index (χ4n) is 3.39. The maximum atomic E-state index is 13.1. The van der Waals surface area contributed by atoms with Crippen molar-refractivity contribution < 1.29 is 23.9 Å². The minimum atomic E-state index is -0.817. The largest absolute Gasteiger partial charge is 0.493 e. The maximum Gasteiger partial charge on any atom is 0.335 e. The zero-order valence-corrected chi connectivity index (χ0v) is 22.1. The molecule has 7 nitrogen and oxygen atoms in total. The number of carbonyl (C=O) groups excluding carboxylic acids is 3. The zero-order chi connectivity index (χ0) is 25.1. The molecule has 1 fully saturated rings. The number of carbonyl (C=O) groups is 3. The Morgan fingerprint density at radius 2 is 1.77 bits per heavy atom. The fourth-order valence-corrected chi connectivity index (χ4v) is 4.45. The standard InChI is InChI=1S/C25H17Br2ClN2O5/c1-34-21-12-15(11-20(27)22(21)35-13-14-3-2-4-17(28)9-14)10-19-23(31)29-25(33)30(24(19)32)18-7-5-16(26)6-8-18/h2-12H,13H2,1H3,(H,29,31,33)/b19-10+. The Morgan fingerprint density at radius 3 is 2.46 bits per heavy atom. The summed E-state index contributed by atoms with van der Waals surface area (Å²) in [6.07, 6.45) is 1.39. The average molecular weight is 621 g/mol. The highest BCUT2D eigenvalue weighted by molar-refractivity contribution is 9.10. The first-order valence-corrected chi connectivity index (χ1v) is 12.1. The summed E-state index contributed by atoms with van der Waals surface area (Å²) in [5.74, 6) is -0.694. The van der Waals surface area contributed by atoms with Crippen LogP contribution in [0.4, 0.5) is 10.5 Å². The van der Waals surface area contributed by atoms with E-state index in [1.807, 2.05) is 12.1 Å². The van der Waals surface area contributed by atoms with Gasteiger partial charge in [0.05, 0.1) is 17.3 Å². The van der Waals surface area contributed by atoms with Gasteiger partial charge in [-0.15, -0.1) is 0 Å². The molecule has 0 atom stereocenters. The van der Waals surface area contributed by atoms with Gasteiger partial charge < -0.3 is 9.47 Å². The highest BCUT2D eigenvalue weighted by Gasteiger charge is 2.36. The highest BCUT2D eigenvalue weighted by Crippen LogP contribution is 2.38. The van der Waals surface area contributed by atoms with Crippen molar-refractivity contribution in [2.75, 3.05) is 12.0 Å². The Hall–Kier alpha value is -3.14. The summed E-state index contributed by atoms with van der Waals surface area (Å²) in [7, 11) is 1.48. The lowest BCUT2D eigenvalue weighted by Crippen LogP contribution is -2.54. The second-order valence-electron chi connectivity index (χ2n) is 7.39. The first-order valence-electron chi connectivity index (χ1n) is 10.2. The highest BCUT2D eigenvalue weighted by atomic mass is 79.9. The first kappa shape index (κ1) is 25.0. The summed E-state index contributed by atoms with van der Waals surface area (Å²) < 4.78 is 12.7. The summed E-state index contributed by atoms with van der Waals surface area (Å²) in [4.78, 5) is 38.9. The van der Waals surface area contributed by atoms with Gasteiger partial charge in [0.1, 0.15) is 12.2 Å². The molecule has 1 aliphatic heterocycles. The van der Waals surface area contributed by atoms with Crippen LogP contribution in [0, 0.1) is 0 Å². The van der Waals surface area contributed by atoms with Crippen LogP contribution in [0.3, 0.4) is 0 Å². The number of hydrogen-bond donors (Lipinski definition) is 1. The van der Waals surface area contributed by atoms with Crippen LogP contribution >= 0.6 is 43.5 Å². The topological polar surface area (TPSA) is 84.9 Å². The summed E-state index contributed by atoms with van der Waals surface area (Å²) in [6.45, 7) is 0.251. The van der Waals surface area contributed by atoms with Gasteiger partial charge >= 0.3 is 6.03 Å². The monoisotopic (exact) mass is 618 g/mol. The molecule has 0 saturated carbocycles. The van der Waals surface area contributed by atoms with Crippen LogP contribution in [-0.4, -0.2) is 25.0 Å². The molecule has 4 amide bonds. The second kappa shape index (κ2) is 10.6. The van der Waals surface area contributed by atoms with Gasteiger partial charge in [0.25, 0.3) is 11.8 Å². The molecule has 1 saturated heterocycles. The van der Waals surface area contributed by atoms with E-state index in [2.05, 4.69) is 37.2 Å². The number of benzene rings is 3. The van der Waals surface area contributed by atoms with E-state index in [1.54, 1.807) is 48.5 Å². The van der Waals surface area contributed by atoms with Crippen molar-refractivity contribution in [1.29, 1.82) is 0 Å². The number of ether oxygens (including phenoxy) is 2. The smallest absolute Gasteiger partial charge is 0.335 e. The maximum absolute atomic E-state index is 13.1. The van der Waals surface area contributed by atoms with Crippen LogP contribution in [0.15, 0.2) is 75.2 Å². The predicted molar refractivity (Wildman–Crippen MR) is 140 cm³/mol. The number of amides is 4. The molecule has 1 N–H and O–H groups in total. The SMILES string of the molecule is COc1cc(/C=C2\C(=O)NC(=O)N(c3ccc(Br)cc3)C2=O)cc(Br)c1OCc1cccc(Cl)c1. The van der Waals surface area contributed by atoms with Crippen LogP contribution in [0.2, 0.25) is 5.02 Å². The van der Waals surface area contributed by atoms with E-state index in [-0.39, 0.29) is 12.2 Å². The summed E-state index contributed by atoms with van der Waals surface area (Å²) >= 11 is 12.8. The number of rotatable bonds is 6. The van der Waals surface area contributed by atoms with Crippen molar-refractivity contribution >= 4 is 73.1 Å². The summed E-state index contributed by atoms with van der Waals surface area (Å²) in [6, 6.07) is 16.4. The van der Waals surface area contributed by atoms with Gasteiger partial charge in [-0.05, 0) is 81.7 Å². The molecule has 4 rings (SSSR count). The van der Waals surface area contributed by atoms with E-state index in [4.69, 9.17) is 21.1 Å². The number of methoxy groups -OCH3 is 1. The Balaban J connectivity index is 1.64. The molecule has 3 aromatic carbocycles. The number of anilines is 1. The molecular formula is C25H17Br2ClN2O5. The Morgan fingerprint density at radius 1 is 1.03 bits per heavy atom. The Kier molecular flexibility index (Phi) is 7.59. The lowest BCUT2D eigenvalue weighted by atomic mass is 10.1. The van der Waals surface area contributed by atoms with Crippen molar-refractivity contribution in [3.8, 4) is 11.5 Å². The Labute approximate surface area is 222 Å². The third kappa shape index (κ3) is 5.58. The molecule has 10 heteroatoms. The second-order valence-corrected chi connectivity index (χ2v) is 9.59. The Bertz CT molecular complexity index is 1360. The van der Waals surface area contributed by atoms with E-state index < -0.39 is 17.8 Å². The number of hydrogen-bond acceptors (Lipinski definition) is 5. The van der Waals surface area contributed by atoms with E-state index in [9.17, 15) is 14.4 Å². The molecule has 0 aromatic heterocycles. The van der Waals surface area contributed by atoms with Crippen LogP contribution in [-0.2, 0) is 16.2 Å². The van der Waals surface area contributed by atoms with Gasteiger partial charge in [0.2, 0.25) is 0 Å². The summed E-state index contributed by atoms with van der Waals surface area (Å²) in [5.41, 5.74) is 1.50. The third-order valence-electron chi connectivity index (χ3n) is 5.02. The first-order chi connectivity index (χ1) is 16.8. The van der Waals surface area contributed by atoms with Gasteiger partial charge in [-0.25, -0.2) is 9.69 Å². The molecule has 178 valence electrons. The number of urea groups is 1. The van der Waals surface area contributed by atoms with E-state index in [0.717, 1.165) is 14.9 Å². The van der Waals surface area contributed by atoms with Crippen molar-refractivity contribution in [3.05, 3.63) is 91.3 Å². The van der Waals surface area contributed by atoms with Crippen molar-refractivity contribution in [3.63, 3.8) is 0 Å². The molecule has 1 aliphatic rings. The molecular weight excluding hydrogens is 604 g/mol. The molecule has 0 unspecified atom stereocenters. The van der Waals surface area contributed by atoms with Crippen LogP contribution in [0.5, 0.6) is 11.5 Å². The van der Waals surface area contributed by atoms with Crippen molar-refractivity contribution in [2.45, 2.75) is 6.61 Å². The minimum Gasteiger partial charge on any atom is -0.493 e. The normalized spacial score (nSPS) is 14.8. The van der Waals surface area contributed by atoms with Gasteiger partial charge in [0, 0.05) is 9.50 Å². The van der Waals surface area contributed by atoms with Crippen LogP contribution < -0.4 is 19.7 Å². The molecule has 3 aromatic rings. The van der Waals surface area contributed by atoms with Gasteiger partial charge in [0.15, 0.2) is 11.5 Å². The van der Waals surface area contributed by atoms with Crippen LogP contribution in [0.1, 0.15) is 11.1 Å². The fraction of sp³-hybridized carbons (Fsp3) is 0.0800. The minimum absolute atomic E-state index is 0.200. The molecule has 0 radical (unpaired) electrons. The molecule has 35 heavy (non-hydrogen) atoms. The van der Waals surface area contributed by atoms with Crippen molar-refractivity contribution in [2.24, 2.45) is 0 Å². The summed E-state index contributed by atoms with van der Waals surface area (Å²) in [5, 5.41) is 2.81. The van der Waals surface area contributed by atoms with Gasteiger partial charge in [-0.3, -0.25) is 14.9 Å². The molecule has 0 aliphatic carbocycles. The third-order valence-corrected chi connectivity index (χ3v) is 6.37. The number of barbiturate groups is 1. The average Bonchev–Trinajstić information content (AvgIpc) is 2.82. The number of halogens is 3. The van der Waals surface area contributed by atoms with E-state index >= 15 is 0 Å². The van der Waals surface area contributed by atoms with Gasteiger partial charge in [-0.1, -0.05) is 39.7 Å². The van der Waals surface area contributed by atoms with Crippen molar-refractivity contribution in [1.82, 2.24) is 5.32 Å². The number of nitrogens with zero attached hydrogens (tertiary/aromatic N) is 1. The van der Waals surface area contributed by atoms with E-state index in [0.29, 0.717) is 32.2 Å². The lowest BCUT2D eigenvalue weighted by Gasteiger charge is -2.26. The number of imide groups is 2. The number of nitrogens with one attached hydrogen (secondary N) is 1. The zero-order valence-electron chi connectivity index (χ0n) is 18.2. The molecule has 0 spiro atoms. The van der Waals surface area contributed by atoms with Crippen LogP contribution in [0.25, 0.3) is 6.08 Å². The molecule has 1 heterocycles. The van der Waals surface area contributed by atoms with Gasteiger partial charge in [-0.2, -0.15) is 0 Å².